The molecule has 1 saturated heterocycles. The number of amides is 1. The second kappa shape index (κ2) is 8.21. The minimum absolute atomic E-state index is 0.0911. The summed E-state index contributed by atoms with van der Waals surface area (Å²) in [6.07, 6.45) is 2.19. The number of hydrogen-bond donors (Lipinski definition) is 0. The van der Waals surface area contributed by atoms with Crippen LogP contribution in [0, 0.1) is 5.82 Å². The zero-order valence-corrected chi connectivity index (χ0v) is 15.9. The number of halogens is 3. The van der Waals surface area contributed by atoms with Gasteiger partial charge in [0.1, 0.15) is 17.3 Å². The Morgan fingerprint density at radius 1 is 1.30 bits per heavy atom. The van der Waals surface area contributed by atoms with Gasteiger partial charge in [0.25, 0.3) is 5.91 Å². The van der Waals surface area contributed by atoms with Crippen LogP contribution in [0.2, 0.25) is 5.02 Å². The summed E-state index contributed by atoms with van der Waals surface area (Å²) in [5.41, 5.74) is -1.07. The van der Waals surface area contributed by atoms with Crippen molar-refractivity contribution in [1.82, 2.24) is 9.88 Å². The van der Waals surface area contributed by atoms with E-state index < -0.39 is 11.5 Å². The highest BCUT2D eigenvalue weighted by molar-refractivity contribution is 6.31. The van der Waals surface area contributed by atoms with E-state index in [0.29, 0.717) is 25.2 Å². The Labute approximate surface area is 162 Å². The lowest BCUT2D eigenvalue weighted by Crippen LogP contribution is -2.50. The molecule has 1 fully saturated rings. The lowest BCUT2D eigenvalue weighted by atomic mass is 9.92. The summed E-state index contributed by atoms with van der Waals surface area (Å²) in [5.74, 6) is -0.0728. The summed E-state index contributed by atoms with van der Waals surface area (Å²) < 4.78 is 28.7. The summed E-state index contributed by atoms with van der Waals surface area (Å²) in [5, 5.41) is -0.0911. The van der Waals surface area contributed by atoms with E-state index in [-0.39, 0.29) is 30.3 Å². The zero-order valence-electron chi connectivity index (χ0n) is 15.2. The van der Waals surface area contributed by atoms with Crippen molar-refractivity contribution in [2.45, 2.75) is 25.4 Å². The Hall–Kier alpha value is -2.21. The molecule has 1 aliphatic heterocycles. The van der Waals surface area contributed by atoms with E-state index in [4.69, 9.17) is 11.6 Å². The molecule has 0 aliphatic carbocycles. The third-order valence-corrected chi connectivity index (χ3v) is 5.23. The van der Waals surface area contributed by atoms with Crippen LogP contribution in [-0.4, -0.2) is 47.6 Å². The van der Waals surface area contributed by atoms with Crippen molar-refractivity contribution in [3.05, 3.63) is 59.0 Å². The molecule has 0 N–H and O–H groups in total. The molecule has 1 aromatic heterocycles. The molecule has 1 aliphatic rings. The fourth-order valence-corrected chi connectivity index (χ4v) is 3.50. The molecule has 27 heavy (non-hydrogen) atoms. The van der Waals surface area contributed by atoms with Gasteiger partial charge < -0.3 is 9.80 Å². The van der Waals surface area contributed by atoms with Gasteiger partial charge in [-0.15, -0.1) is 0 Å². The summed E-state index contributed by atoms with van der Waals surface area (Å²) in [6.45, 7) is 3.48. The smallest absolute Gasteiger partial charge is 0.253 e. The van der Waals surface area contributed by atoms with E-state index in [1.165, 1.54) is 18.2 Å². The van der Waals surface area contributed by atoms with Crippen LogP contribution < -0.4 is 4.90 Å². The second-order valence-corrected chi connectivity index (χ2v) is 7.18. The van der Waals surface area contributed by atoms with Gasteiger partial charge in [0.2, 0.25) is 0 Å². The molecule has 0 bridgehead atoms. The molecule has 0 saturated carbocycles. The molecule has 2 aromatic rings. The van der Waals surface area contributed by atoms with Crippen molar-refractivity contribution in [2.75, 3.05) is 31.1 Å². The number of rotatable bonds is 5. The van der Waals surface area contributed by atoms with Crippen molar-refractivity contribution >= 4 is 23.3 Å². The molecule has 7 heteroatoms. The number of anilines is 1. The fourth-order valence-electron chi connectivity index (χ4n) is 3.32. The minimum atomic E-state index is -1.38. The van der Waals surface area contributed by atoms with Crippen molar-refractivity contribution in [3.8, 4) is 0 Å². The quantitative estimate of drug-likeness (QED) is 0.758. The van der Waals surface area contributed by atoms with Gasteiger partial charge in [-0.2, -0.15) is 0 Å². The molecule has 0 unspecified atom stereocenters. The Balaban J connectivity index is 1.63. The van der Waals surface area contributed by atoms with Crippen LogP contribution in [0.15, 0.2) is 42.6 Å². The first kappa shape index (κ1) is 19.5. The maximum absolute atomic E-state index is 15.4. The topological polar surface area (TPSA) is 36.4 Å². The van der Waals surface area contributed by atoms with Gasteiger partial charge in [0.05, 0.1) is 11.6 Å². The lowest BCUT2D eigenvalue weighted by molar-refractivity contribution is 0.0462. The maximum Gasteiger partial charge on any atom is 0.253 e. The molecule has 1 aromatic carbocycles. The van der Waals surface area contributed by atoms with Gasteiger partial charge in [0, 0.05) is 44.2 Å². The van der Waals surface area contributed by atoms with E-state index in [9.17, 15) is 9.18 Å². The number of aromatic nitrogens is 1. The molecule has 144 valence electrons. The van der Waals surface area contributed by atoms with Crippen LogP contribution in [-0.2, 0) is 0 Å². The zero-order chi connectivity index (χ0) is 19.4. The second-order valence-electron chi connectivity index (χ2n) is 6.77. The van der Waals surface area contributed by atoms with E-state index >= 15 is 4.39 Å². The van der Waals surface area contributed by atoms with Crippen LogP contribution in [0.1, 0.15) is 30.1 Å². The average molecular weight is 394 g/mol. The Morgan fingerprint density at radius 2 is 2.04 bits per heavy atom. The molecule has 0 radical (unpaired) electrons. The molecular formula is C20H22ClF2N3O. The maximum atomic E-state index is 15.4. The molecule has 3 rings (SSSR count). The molecule has 0 atom stereocenters. The summed E-state index contributed by atoms with van der Waals surface area (Å²) in [7, 11) is 0. The number of likely N-dealkylation sites (tertiary alicyclic amines) is 1. The van der Waals surface area contributed by atoms with E-state index in [0.717, 1.165) is 5.82 Å². The number of alkyl halides is 1. The molecule has 1 amide bonds. The van der Waals surface area contributed by atoms with Gasteiger partial charge in [-0.3, -0.25) is 4.79 Å². The standard InChI is InChI=1S/C20H22ClF2N3O/c1-2-25(18-5-3-4-10-24-18)14-20(23)8-11-26(12-9-20)19(27)15-6-7-17(22)16(21)13-15/h3-7,10,13H,2,8-9,11-12,14H2,1H3. The highest BCUT2D eigenvalue weighted by Gasteiger charge is 2.37. The first-order valence-corrected chi connectivity index (χ1v) is 9.39. The summed E-state index contributed by atoms with van der Waals surface area (Å²) >= 11 is 5.76. The van der Waals surface area contributed by atoms with Gasteiger partial charge in [-0.25, -0.2) is 13.8 Å². The van der Waals surface area contributed by atoms with Crippen LogP contribution >= 0.6 is 11.6 Å². The number of carbonyl (C=O) groups excluding carboxylic acids is 1. The normalized spacial score (nSPS) is 16.2. The Kier molecular flexibility index (Phi) is 5.95. The predicted octanol–water partition coefficient (Wildman–Crippen LogP) is 4.34. The molecule has 4 nitrogen and oxygen atoms in total. The van der Waals surface area contributed by atoms with E-state index in [2.05, 4.69) is 4.98 Å². The number of benzene rings is 1. The van der Waals surface area contributed by atoms with Crippen molar-refractivity contribution < 1.29 is 13.6 Å². The van der Waals surface area contributed by atoms with Crippen LogP contribution in [0.4, 0.5) is 14.6 Å². The highest BCUT2D eigenvalue weighted by Crippen LogP contribution is 2.30. The Bertz CT molecular complexity index is 795. The SMILES string of the molecule is CCN(CC1(F)CCN(C(=O)c2ccc(F)c(Cl)c2)CC1)c1ccccn1. The van der Waals surface area contributed by atoms with E-state index in [1.54, 1.807) is 11.1 Å². The van der Waals surface area contributed by atoms with Crippen LogP contribution in [0.3, 0.4) is 0 Å². The lowest BCUT2D eigenvalue weighted by Gasteiger charge is -2.39. The fraction of sp³-hybridized carbons (Fsp3) is 0.400. The first-order chi connectivity index (χ1) is 12.9. The third kappa shape index (κ3) is 4.56. The first-order valence-electron chi connectivity index (χ1n) is 9.01. The highest BCUT2D eigenvalue weighted by atomic mass is 35.5. The molecular weight excluding hydrogens is 372 g/mol. The van der Waals surface area contributed by atoms with Gasteiger partial charge in [-0.05, 0) is 37.3 Å². The number of hydrogen-bond acceptors (Lipinski definition) is 3. The van der Waals surface area contributed by atoms with Crippen molar-refractivity contribution in [2.24, 2.45) is 0 Å². The predicted molar refractivity (Wildman–Crippen MR) is 103 cm³/mol. The van der Waals surface area contributed by atoms with Crippen molar-refractivity contribution in [3.63, 3.8) is 0 Å². The van der Waals surface area contributed by atoms with E-state index in [1.807, 2.05) is 30.0 Å². The van der Waals surface area contributed by atoms with Gasteiger partial charge >= 0.3 is 0 Å². The summed E-state index contributed by atoms with van der Waals surface area (Å²) in [6, 6.07) is 9.46. The summed E-state index contributed by atoms with van der Waals surface area (Å²) in [4.78, 5) is 20.4. The molecule has 0 spiro atoms. The third-order valence-electron chi connectivity index (χ3n) is 4.94. The van der Waals surface area contributed by atoms with Gasteiger partial charge in [-0.1, -0.05) is 17.7 Å². The van der Waals surface area contributed by atoms with Crippen LogP contribution in [0.5, 0.6) is 0 Å². The number of nitrogens with zero attached hydrogens (tertiary/aromatic N) is 3. The molecule has 2 heterocycles. The number of piperidine rings is 1. The van der Waals surface area contributed by atoms with Gasteiger partial charge in [0.15, 0.2) is 0 Å². The minimum Gasteiger partial charge on any atom is -0.354 e. The van der Waals surface area contributed by atoms with Crippen LogP contribution in [0.25, 0.3) is 0 Å². The number of carbonyl (C=O) groups is 1. The monoisotopic (exact) mass is 393 g/mol. The largest absolute Gasteiger partial charge is 0.354 e. The van der Waals surface area contributed by atoms with Crippen molar-refractivity contribution in [1.29, 1.82) is 0 Å². The average Bonchev–Trinajstić information content (AvgIpc) is 2.69. The Morgan fingerprint density at radius 3 is 2.63 bits per heavy atom. The number of pyridine rings is 1.